The number of amides is 2. The molecular weight excluding hydrogens is 763 g/mol. The molecule has 0 radical (unpaired) electrons. The van der Waals surface area contributed by atoms with Crippen LogP contribution in [-0.4, -0.2) is 69.2 Å². The van der Waals surface area contributed by atoms with Crippen LogP contribution >= 0.6 is 11.8 Å². The summed E-state index contributed by atoms with van der Waals surface area (Å²) >= 11 is 1.29. The van der Waals surface area contributed by atoms with Crippen molar-refractivity contribution in [2.45, 2.75) is 143 Å². The standard InChI is InChI=1S/C27H33NO3S.C25H38N2O/c1-4-27(2,3)24(29)25(30)28-18-11-16-23(28)26(31)32-19-17-22(20-12-7-5-8-13-20)21-14-9-6-10-15-21;1-5-25(3,4)23(26)24(28)27-19-13-12-18-22(27)20(2)14-8-6-9-15-21-16-10-7-11-17-21/h5-10,12-15,22-23H,4,11,16-19H2,1-3H3;7,10-11,16-17,22,26H,2,5-6,8-9,12-15,18-19H2,1,3-4H3/t23-;/m0./s1. The number of carbonyl (C=O) groups excluding carboxylic acids is 4. The molecule has 0 aliphatic carbocycles. The highest BCUT2D eigenvalue weighted by Gasteiger charge is 2.41. The second-order valence-electron chi connectivity index (χ2n) is 17.9. The van der Waals surface area contributed by atoms with Crippen molar-refractivity contribution in [3.63, 3.8) is 0 Å². The van der Waals surface area contributed by atoms with Gasteiger partial charge in [0.2, 0.25) is 10.9 Å². The van der Waals surface area contributed by atoms with E-state index in [0.29, 0.717) is 25.1 Å². The van der Waals surface area contributed by atoms with E-state index < -0.39 is 23.1 Å². The van der Waals surface area contributed by atoms with Gasteiger partial charge in [-0.25, -0.2) is 0 Å². The molecule has 5 rings (SSSR count). The first-order valence-electron chi connectivity index (χ1n) is 22.4. The number of carbonyl (C=O) groups is 4. The minimum Gasteiger partial charge on any atom is -0.331 e. The summed E-state index contributed by atoms with van der Waals surface area (Å²) in [7, 11) is 0. The molecule has 1 unspecified atom stereocenters. The largest absolute Gasteiger partial charge is 0.331 e. The van der Waals surface area contributed by atoms with Crippen LogP contribution in [0.25, 0.3) is 0 Å². The topological polar surface area (TPSA) is 98.6 Å². The van der Waals surface area contributed by atoms with Gasteiger partial charge in [-0.1, -0.05) is 163 Å². The maximum atomic E-state index is 13.0. The maximum absolute atomic E-state index is 13.0. The summed E-state index contributed by atoms with van der Waals surface area (Å²) in [5.41, 5.74) is 4.24. The van der Waals surface area contributed by atoms with Gasteiger partial charge in [0.25, 0.3) is 11.8 Å². The van der Waals surface area contributed by atoms with Gasteiger partial charge >= 0.3 is 0 Å². The van der Waals surface area contributed by atoms with Crippen LogP contribution in [0.3, 0.4) is 0 Å². The number of nitrogens with one attached hydrogen (secondary N) is 1. The lowest BCUT2D eigenvalue weighted by Crippen LogP contribution is -2.50. The molecule has 2 amide bonds. The van der Waals surface area contributed by atoms with Crippen molar-refractivity contribution in [3.8, 4) is 0 Å². The van der Waals surface area contributed by atoms with Crippen molar-refractivity contribution in [2.24, 2.45) is 10.8 Å². The van der Waals surface area contributed by atoms with E-state index in [9.17, 15) is 19.2 Å². The molecule has 8 heteroatoms. The molecule has 0 spiro atoms. The van der Waals surface area contributed by atoms with Gasteiger partial charge in [0.15, 0.2) is 0 Å². The highest BCUT2D eigenvalue weighted by Crippen LogP contribution is 2.33. The van der Waals surface area contributed by atoms with E-state index in [1.165, 1.54) is 51.8 Å². The molecule has 2 fully saturated rings. The SMILES string of the molecule is C=C(CCCCCc1ccccc1)C1CCCCN1C(=O)C(=N)C(C)(C)CC.CCC(C)(C)C(=O)C(=O)N1CCC[C@H]1C(=O)SCCC(c1ccccc1)c1ccccc1. The van der Waals surface area contributed by atoms with Crippen molar-refractivity contribution < 1.29 is 19.2 Å². The number of Topliss-reactive ketones (excluding diaryl/α,β-unsaturated/α-hetero) is 1. The van der Waals surface area contributed by atoms with Crippen LogP contribution in [-0.2, 0) is 25.6 Å². The Morgan fingerprint density at radius 2 is 1.23 bits per heavy atom. The molecular formula is C52H71N3O4S. The fourth-order valence-electron chi connectivity index (χ4n) is 7.98. The number of benzene rings is 3. The summed E-state index contributed by atoms with van der Waals surface area (Å²) in [6, 6.07) is 31.0. The number of hydrogen-bond donors (Lipinski definition) is 1. The van der Waals surface area contributed by atoms with Crippen molar-refractivity contribution >= 4 is 40.2 Å². The van der Waals surface area contributed by atoms with Gasteiger partial charge in [-0.05, 0) is 93.7 Å². The molecule has 2 atom stereocenters. The number of hydrogen-bond acceptors (Lipinski definition) is 6. The number of likely N-dealkylation sites (tertiary alicyclic amines) is 2. The zero-order valence-electron chi connectivity index (χ0n) is 37.3. The van der Waals surface area contributed by atoms with Crippen molar-refractivity contribution in [3.05, 3.63) is 120 Å². The van der Waals surface area contributed by atoms with Gasteiger partial charge < -0.3 is 9.80 Å². The summed E-state index contributed by atoms with van der Waals surface area (Å²) in [5.74, 6) is -0.0920. The third-order valence-electron chi connectivity index (χ3n) is 12.8. The first kappa shape index (κ1) is 48.4. The van der Waals surface area contributed by atoms with E-state index in [1.807, 2.05) is 69.0 Å². The predicted molar refractivity (Wildman–Crippen MR) is 250 cm³/mol. The van der Waals surface area contributed by atoms with Crippen LogP contribution < -0.4 is 0 Å². The minimum absolute atomic E-state index is 0.00201. The molecule has 2 aliphatic heterocycles. The quantitative estimate of drug-likeness (QED) is 0.0561. The molecule has 3 aromatic carbocycles. The lowest BCUT2D eigenvalue weighted by Gasteiger charge is -2.39. The van der Waals surface area contributed by atoms with Crippen LogP contribution in [0.5, 0.6) is 0 Å². The van der Waals surface area contributed by atoms with Gasteiger partial charge in [-0.15, -0.1) is 0 Å². The number of ketones is 1. The molecule has 0 bridgehead atoms. The number of rotatable bonds is 19. The number of nitrogens with zero attached hydrogens (tertiary/aromatic N) is 2. The van der Waals surface area contributed by atoms with Gasteiger partial charge in [0, 0.05) is 35.6 Å². The van der Waals surface area contributed by atoms with E-state index in [0.717, 1.165) is 64.3 Å². The van der Waals surface area contributed by atoms with Crippen molar-refractivity contribution in [1.29, 1.82) is 5.41 Å². The Morgan fingerprint density at radius 1 is 0.700 bits per heavy atom. The molecule has 60 heavy (non-hydrogen) atoms. The molecule has 324 valence electrons. The highest BCUT2D eigenvalue weighted by molar-refractivity contribution is 8.13. The van der Waals surface area contributed by atoms with Crippen LogP contribution in [0, 0.1) is 16.2 Å². The van der Waals surface area contributed by atoms with Gasteiger partial charge in [0.05, 0.1) is 6.04 Å². The third kappa shape index (κ3) is 13.6. The summed E-state index contributed by atoms with van der Waals surface area (Å²) in [6.45, 7) is 17.1. The van der Waals surface area contributed by atoms with Crippen molar-refractivity contribution in [2.75, 3.05) is 18.8 Å². The first-order valence-corrected chi connectivity index (χ1v) is 23.4. The number of piperidine rings is 1. The monoisotopic (exact) mass is 834 g/mol. The van der Waals surface area contributed by atoms with E-state index in [4.69, 9.17) is 5.41 Å². The Bertz CT molecular complexity index is 1820. The third-order valence-corrected chi connectivity index (χ3v) is 13.8. The summed E-state index contributed by atoms with van der Waals surface area (Å²) in [6.07, 6.45) is 12.4. The minimum atomic E-state index is -0.695. The summed E-state index contributed by atoms with van der Waals surface area (Å²) in [5, 5.41) is 8.42. The van der Waals surface area contributed by atoms with E-state index in [2.05, 4.69) is 61.2 Å². The fourth-order valence-corrected chi connectivity index (χ4v) is 8.98. The smallest absolute Gasteiger partial charge is 0.291 e. The molecule has 1 N–H and O–H groups in total. The maximum Gasteiger partial charge on any atom is 0.291 e. The Morgan fingerprint density at radius 3 is 1.82 bits per heavy atom. The Labute approximate surface area is 365 Å². The molecule has 2 heterocycles. The molecule has 0 aromatic heterocycles. The first-order chi connectivity index (χ1) is 28.7. The Balaban J connectivity index is 0.000000267. The zero-order chi connectivity index (χ0) is 43.7. The van der Waals surface area contributed by atoms with Gasteiger partial charge in [-0.3, -0.25) is 24.6 Å². The second kappa shape index (κ2) is 23.6. The molecule has 2 saturated heterocycles. The molecule has 2 aliphatic rings. The average molecular weight is 834 g/mol. The lowest BCUT2D eigenvalue weighted by molar-refractivity contribution is -0.150. The zero-order valence-corrected chi connectivity index (χ0v) is 38.2. The molecule has 3 aromatic rings. The van der Waals surface area contributed by atoms with Crippen LogP contribution in [0.4, 0.5) is 0 Å². The van der Waals surface area contributed by atoms with Crippen molar-refractivity contribution in [1.82, 2.24) is 9.80 Å². The fraction of sp³-hybridized carbons (Fsp3) is 0.519. The van der Waals surface area contributed by atoms with E-state index >= 15 is 0 Å². The normalized spacial score (nSPS) is 16.9. The Kier molecular flexibility index (Phi) is 19.0. The van der Waals surface area contributed by atoms with E-state index in [1.54, 1.807) is 13.8 Å². The van der Waals surface area contributed by atoms with Crippen LogP contribution in [0.2, 0.25) is 0 Å². The van der Waals surface area contributed by atoms with Crippen LogP contribution in [0.15, 0.2) is 103 Å². The molecule has 7 nitrogen and oxygen atoms in total. The highest BCUT2D eigenvalue weighted by atomic mass is 32.2. The van der Waals surface area contributed by atoms with Gasteiger partial charge in [0.1, 0.15) is 11.8 Å². The van der Waals surface area contributed by atoms with Crippen LogP contribution in [0.1, 0.15) is 141 Å². The van der Waals surface area contributed by atoms with Gasteiger partial charge in [-0.2, -0.15) is 0 Å². The predicted octanol–water partition coefficient (Wildman–Crippen LogP) is 11.6. The number of unbranched alkanes of at least 4 members (excludes halogenated alkanes) is 2. The average Bonchev–Trinajstić information content (AvgIpc) is 3.78. The van der Waals surface area contributed by atoms with E-state index in [-0.39, 0.29) is 34.1 Å². The Hall–Kier alpha value is -4.30. The number of thioether (sulfide) groups is 1. The summed E-state index contributed by atoms with van der Waals surface area (Å²) < 4.78 is 0. The lowest BCUT2D eigenvalue weighted by atomic mass is 9.83. The number of aryl methyl sites for hydroxylation is 1. The summed E-state index contributed by atoms with van der Waals surface area (Å²) in [4.78, 5) is 55.0. The second-order valence-corrected chi connectivity index (χ2v) is 19.0. The molecule has 0 saturated carbocycles.